The van der Waals surface area contributed by atoms with Crippen LogP contribution in [0.3, 0.4) is 0 Å². The Morgan fingerprint density at radius 3 is 2.63 bits per heavy atom. The number of nitrogens with one attached hydrogen (secondary N) is 1. The number of carbonyl (C=O) groups is 1. The van der Waals surface area contributed by atoms with Gasteiger partial charge in [0.05, 0.1) is 12.6 Å². The zero-order valence-electron chi connectivity index (χ0n) is 15.3. The van der Waals surface area contributed by atoms with Gasteiger partial charge >= 0.3 is 0 Å². The van der Waals surface area contributed by atoms with Crippen molar-refractivity contribution in [2.24, 2.45) is 0 Å². The molecule has 0 spiro atoms. The van der Waals surface area contributed by atoms with E-state index in [1.807, 2.05) is 37.3 Å². The molecule has 0 aliphatic carbocycles. The van der Waals surface area contributed by atoms with Gasteiger partial charge in [-0.2, -0.15) is 5.10 Å². The fraction of sp³-hybridized carbons (Fsp3) is 0.238. The van der Waals surface area contributed by atoms with Crippen molar-refractivity contribution >= 4 is 5.91 Å². The number of phenols is 1. The highest BCUT2D eigenvalue weighted by Gasteiger charge is 2.42. The summed E-state index contributed by atoms with van der Waals surface area (Å²) >= 11 is 0. The van der Waals surface area contributed by atoms with Crippen molar-refractivity contribution in [2.75, 3.05) is 20.3 Å². The summed E-state index contributed by atoms with van der Waals surface area (Å²) in [6.07, 6.45) is 0. The Balaban J connectivity index is 1.88. The Kier molecular flexibility index (Phi) is 4.41. The van der Waals surface area contributed by atoms with E-state index in [1.165, 1.54) is 0 Å². The average Bonchev–Trinajstić information content (AvgIpc) is 3.21. The van der Waals surface area contributed by atoms with Gasteiger partial charge in [-0.15, -0.1) is 0 Å². The van der Waals surface area contributed by atoms with Crippen molar-refractivity contribution in [2.45, 2.75) is 13.0 Å². The van der Waals surface area contributed by atoms with Crippen LogP contribution in [0.2, 0.25) is 0 Å². The summed E-state index contributed by atoms with van der Waals surface area (Å²) in [5.74, 6) is 0.0269. The lowest BCUT2D eigenvalue weighted by atomic mass is 9.95. The van der Waals surface area contributed by atoms with Crippen molar-refractivity contribution in [1.29, 1.82) is 0 Å². The van der Waals surface area contributed by atoms with Crippen LogP contribution < -0.4 is 0 Å². The first-order chi connectivity index (χ1) is 13.1. The van der Waals surface area contributed by atoms with E-state index in [2.05, 4.69) is 10.2 Å². The van der Waals surface area contributed by atoms with Gasteiger partial charge in [0.25, 0.3) is 5.91 Å². The van der Waals surface area contributed by atoms with Crippen LogP contribution in [0.5, 0.6) is 5.75 Å². The van der Waals surface area contributed by atoms with Crippen LogP contribution in [-0.4, -0.2) is 46.4 Å². The lowest BCUT2D eigenvalue weighted by molar-refractivity contribution is 0.0677. The molecule has 4 rings (SSSR count). The zero-order valence-corrected chi connectivity index (χ0v) is 15.3. The molecule has 2 heterocycles. The number of aryl methyl sites for hydroxylation is 1. The number of carbonyl (C=O) groups excluding carboxylic acids is 1. The second-order valence-corrected chi connectivity index (χ2v) is 6.68. The van der Waals surface area contributed by atoms with Crippen LogP contribution in [-0.2, 0) is 4.74 Å². The number of phenolic OH excluding ortho intramolecular Hbond substituents is 1. The second kappa shape index (κ2) is 6.89. The van der Waals surface area contributed by atoms with Gasteiger partial charge in [0.2, 0.25) is 0 Å². The number of para-hydroxylation sites is 1. The van der Waals surface area contributed by atoms with Crippen LogP contribution in [0, 0.1) is 6.92 Å². The molecule has 0 saturated carbocycles. The van der Waals surface area contributed by atoms with Gasteiger partial charge in [0, 0.05) is 24.8 Å². The van der Waals surface area contributed by atoms with Crippen molar-refractivity contribution in [3.63, 3.8) is 0 Å². The standard InChI is InChI=1S/C21H21N3O3/c1-13-7-9-14(10-8-13)20-17-18(15-5-3-4-6-16(15)25)22-23-19(17)21(26)24(20)11-12-27-2/h3-10,20,25H,11-12H2,1-2H3,(H,22,23)/t20-/m0/s1. The summed E-state index contributed by atoms with van der Waals surface area (Å²) < 4.78 is 5.21. The average molecular weight is 363 g/mol. The Morgan fingerprint density at radius 1 is 1.19 bits per heavy atom. The predicted octanol–water partition coefficient (Wildman–Crippen LogP) is 3.28. The van der Waals surface area contributed by atoms with Crippen molar-refractivity contribution in [3.8, 4) is 17.0 Å². The van der Waals surface area contributed by atoms with Gasteiger partial charge in [-0.1, -0.05) is 42.0 Å². The second-order valence-electron chi connectivity index (χ2n) is 6.68. The first-order valence-corrected chi connectivity index (χ1v) is 8.85. The minimum atomic E-state index is -0.281. The Bertz CT molecular complexity index is 979. The van der Waals surface area contributed by atoms with Crippen molar-refractivity contribution in [3.05, 3.63) is 70.9 Å². The number of amides is 1. The van der Waals surface area contributed by atoms with E-state index in [0.717, 1.165) is 16.7 Å². The molecule has 2 aromatic carbocycles. The molecule has 6 nitrogen and oxygen atoms in total. The highest BCUT2D eigenvalue weighted by molar-refractivity contribution is 6.00. The van der Waals surface area contributed by atoms with Crippen LogP contribution in [0.4, 0.5) is 0 Å². The van der Waals surface area contributed by atoms with Gasteiger partial charge in [-0.25, -0.2) is 0 Å². The lowest BCUT2D eigenvalue weighted by Crippen LogP contribution is -2.32. The number of H-pyrrole nitrogens is 1. The molecule has 27 heavy (non-hydrogen) atoms. The molecule has 1 aromatic heterocycles. The molecule has 1 aliphatic rings. The van der Waals surface area contributed by atoms with Crippen LogP contribution in [0.15, 0.2) is 48.5 Å². The molecule has 138 valence electrons. The Hall–Kier alpha value is -3.12. The maximum atomic E-state index is 13.0. The molecule has 1 aliphatic heterocycles. The smallest absolute Gasteiger partial charge is 0.273 e. The number of aromatic nitrogens is 2. The number of ether oxygens (including phenoxy) is 1. The molecule has 1 amide bonds. The third-order valence-electron chi connectivity index (χ3n) is 4.95. The fourth-order valence-corrected chi connectivity index (χ4v) is 3.59. The first kappa shape index (κ1) is 17.3. The van der Waals surface area contributed by atoms with E-state index < -0.39 is 0 Å². The summed E-state index contributed by atoms with van der Waals surface area (Å²) in [6, 6.07) is 14.9. The minimum absolute atomic E-state index is 0.109. The maximum Gasteiger partial charge on any atom is 0.273 e. The summed E-state index contributed by atoms with van der Waals surface area (Å²) in [7, 11) is 1.62. The highest BCUT2D eigenvalue weighted by Crippen LogP contribution is 2.44. The lowest BCUT2D eigenvalue weighted by Gasteiger charge is -2.26. The molecule has 2 N–H and O–H groups in total. The molecular weight excluding hydrogens is 342 g/mol. The number of fused-ring (bicyclic) bond motifs is 1. The van der Waals surface area contributed by atoms with Crippen molar-refractivity contribution < 1.29 is 14.6 Å². The molecule has 0 bridgehead atoms. The number of aromatic amines is 1. The molecular formula is C21H21N3O3. The quantitative estimate of drug-likeness (QED) is 0.729. The summed E-state index contributed by atoms with van der Waals surface area (Å²) in [4.78, 5) is 14.8. The number of hydrogen-bond acceptors (Lipinski definition) is 4. The van der Waals surface area contributed by atoms with Crippen LogP contribution in [0.25, 0.3) is 11.3 Å². The number of benzene rings is 2. The topological polar surface area (TPSA) is 78.5 Å². The van der Waals surface area contributed by atoms with E-state index in [-0.39, 0.29) is 17.7 Å². The van der Waals surface area contributed by atoms with E-state index in [1.54, 1.807) is 30.2 Å². The molecule has 0 fully saturated rings. The van der Waals surface area contributed by atoms with Gasteiger partial charge in [-0.3, -0.25) is 9.89 Å². The predicted molar refractivity (Wildman–Crippen MR) is 102 cm³/mol. The number of hydrogen-bond donors (Lipinski definition) is 2. The molecule has 0 unspecified atom stereocenters. The molecule has 1 atom stereocenters. The third kappa shape index (κ3) is 2.88. The van der Waals surface area contributed by atoms with E-state index in [9.17, 15) is 9.90 Å². The maximum absolute atomic E-state index is 13.0. The number of aromatic hydroxyl groups is 1. The number of rotatable bonds is 5. The number of methoxy groups -OCH3 is 1. The minimum Gasteiger partial charge on any atom is -0.507 e. The van der Waals surface area contributed by atoms with Crippen LogP contribution in [0.1, 0.15) is 33.2 Å². The van der Waals surface area contributed by atoms with E-state index >= 15 is 0 Å². The summed E-state index contributed by atoms with van der Waals surface area (Å²) in [5, 5.41) is 17.6. The van der Waals surface area contributed by atoms with E-state index in [0.29, 0.717) is 30.1 Å². The SMILES string of the molecule is COCCN1C(=O)c2[nH]nc(-c3ccccc3O)c2[C@@H]1c1ccc(C)cc1. The zero-order chi connectivity index (χ0) is 19.0. The molecule has 0 saturated heterocycles. The first-order valence-electron chi connectivity index (χ1n) is 8.85. The fourth-order valence-electron chi connectivity index (χ4n) is 3.59. The van der Waals surface area contributed by atoms with Crippen LogP contribution >= 0.6 is 0 Å². The molecule has 3 aromatic rings. The van der Waals surface area contributed by atoms with Gasteiger partial charge in [0.15, 0.2) is 0 Å². The third-order valence-corrected chi connectivity index (χ3v) is 4.95. The summed E-state index contributed by atoms with van der Waals surface area (Å²) in [6.45, 7) is 2.94. The monoisotopic (exact) mass is 363 g/mol. The summed E-state index contributed by atoms with van der Waals surface area (Å²) in [5.41, 5.74) is 4.62. The van der Waals surface area contributed by atoms with Gasteiger partial charge in [-0.05, 0) is 24.6 Å². The molecule has 0 radical (unpaired) electrons. The van der Waals surface area contributed by atoms with Gasteiger partial charge < -0.3 is 14.7 Å². The van der Waals surface area contributed by atoms with E-state index in [4.69, 9.17) is 4.74 Å². The normalized spacial score (nSPS) is 16.0. The largest absolute Gasteiger partial charge is 0.507 e. The Labute approximate surface area is 157 Å². The Morgan fingerprint density at radius 2 is 1.93 bits per heavy atom. The highest BCUT2D eigenvalue weighted by atomic mass is 16.5. The van der Waals surface area contributed by atoms with Crippen molar-refractivity contribution in [1.82, 2.24) is 15.1 Å². The van der Waals surface area contributed by atoms with Gasteiger partial charge in [0.1, 0.15) is 17.1 Å². The number of nitrogens with zero attached hydrogens (tertiary/aromatic N) is 2. The molecule has 6 heteroatoms.